The summed E-state index contributed by atoms with van der Waals surface area (Å²) in [5, 5.41) is 0. The van der Waals surface area contributed by atoms with Crippen LogP contribution >= 0.6 is 11.3 Å². The van der Waals surface area contributed by atoms with Crippen molar-refractivity contribution in [3.05, 3.63) is 21.7 Å². The van der Waals surface area contributed by atoms with Crippen LogP contribution < -0.4 is 0 Å². The summed E-state index contributed by atoms with van der Waals surface area (Å²) in [5.41, 5.74) is 4.33. The van der Waals surface area contributed by atoms with Crippen molar-refractivity contribution in [1.82, 2.24) is 9.88 Å². The first-order valence-corrected chi connectivity index (χ1v) is 7.42. The zero-order valence-corrected chi connectivity index (χ0v) is 12.3. The first kappa shape index (κ1) is 12.7. The number of hydrogen-bond donors (Lipinski definition) is 1. The van der Waals surface area contributed by atoms with Crippen LogP contribution in [0.5, 0.6) is 0 Å². The van der Waals surface area contributed by atoms with Crippen LogP contribution in [0.2, 0.25) is 0 Å². The van der Waals surface area contributed by atoms with Gasteiger partial charge < -0.3 is 14.6 Å². The van der Waals surface area contributed by atoms with Gasteiger partial charge in [0.1, 0.15) is 0 Å². The molecule has 1 aliphatic heterocycles. The summed E-state index contributed by atoms with van der Waals surface area (Å²) in [7, 11) is 2.13. The van der Waals surface area contributed by atoms with Gasteiger partial charge in [-0.1, -0.05) is 0 Å². The molecule has 5 heteroatoms. The third-order valence-corrected chi connectivity index (χ3v) is 4.81. The van der Waals surface area contributed by atoms with Crippen LogP contribution in [0.1, 0.15) is 33.4 Å². The zero-order chi connectivity index (χ0) is 13.6. The van der Waals surface area contributed by atoms with Gasteiger partial charge in [-0.05, 0) is 20.9 Å². The summed E-state index contributed by atoms with van der Waals surface area (Å²) < 4.78 is 6.39. The summed E-state index contributed by atoms with van der Waals surface area (Å²) in [6.45, 7) is 6.26. The van der Waals surface area contributed by atoms with Gasteiger partial charge in [0.15, 0.2) is 0 Å². The van der Waals surface area contributed by atoms with Crippen LogP contribution in [0.15, 0.2) is 0 Å². The quantitative estimate of drug-likeness (QED) is 0.859. The number of ether oxygens (including phenoxy) is 1. The maximum atomic E-state index is 12.1. The van der Waals surface area contributed by atoms with Gasteiger partial charge in [-0.2, -0.15) is 0 Å². The van der Waals surface area contributed by atoms with Gasteiger partial charge in [-0.3, -0.25) is 0 Å². The second-order valence-electron chi connectivity index (χ2n) is 5.03. The number of carbonyl (C=O) groups excluding carboxylic acids is 1. The maximum absolute atomic E-state index is 12.1. The summed E-state index contributed by atoms with van der Waals surface area (Å²) in [6, 6.07) is 0. The molecule has 3 heterocycles. The van der Waals surface area contributed by atoms with E-state index in [1.165, 1.54) is 16.0 Å². The van der Waals surface area contributed by atoms with Crippen LogP contribution in [0.3, 0.4) is 0 Å². The van der Waals surface area contributed by atoms with E-state index in [0.717, 1.165) is 35.5 Å². The fourth-order valence-electron chi connectivity index (χ4n) is 2.72. The smallest absolute Gasteiger partial charge is 0.341 e. The molecule has 3 rings (SSSR count). The van der Waals surface area contributed by atoms with Gasteiger partial charge >= 0.3 is 5.97 Å². The number of aromatic amines is 1. The molecule has 0 unspecified atom stereocenters. The molecule has 0 radical (unpaired) electrons. The van der Waals surface area contributed by atoms with E-state index in [1.807, 2.05) is 13.8 Å². The van der Waals surface area contributed by atoms with E-state index in [1.54, 1.807) is 11.3 Å². The van der Waals surface area contributed by atoms with Gasteiger partial charge in [-0.25, -0.2) is 4.79 Å². The third kappa shape index (κ3) is 1.97. The number of carbonyl (C=O) groups is 1. The number of aryl methyl sites for hydroxylation is 1. The van der Waals surface area contributed by atoms with Gasteiger partial charge in [-0.15, -0.1) is 11.3 Å². The van der Waals surface area contributed by atoms with Crippen molar-refractivity contribution in [3.8, 4) is 0 Å². The minimum atomic E-state index is -0.210. The molecule has 0 atom stereocenters. The summed E-state index contributed by atoms with van der Waals surface area (Å²) in [4.78, 5) is 18.9. The lowest BCUT2D eigenvalue weighted by molar-refractivity contribution is 0.0528. The maximum Gasteiger partial charge on any atom is 0.341 e. The topological polar surface area (TPSA) is 45.3 Å². The van der Waals surface area contributed by atoms with Gasteiger partial charge in [0.2, 0.25) is 0 Å². The van der Waals surface area contributed by atoms with E-state index in [-0.39, 0.29) is 5.97 Å². The molecule has 0 aromatic carbocycles. The first-order valence-electron chi connectivity index (χ1n) is 6.60. The van der Waals surface area contributed by atoms with E-state index in [0.29, 0.717) is 6.61 Å². The number of likely N-dealkylation sites (N-methyl/N-ethyl adjacent to an activating group) is 1. The van der Waals surface area contributed by atoms with Crippen molar-refractivity contribution in [2.24, 2.45) is 0 Å². The van der Waals surface area contributed by atoms with Crippen LogP contribution in [0.4, 0.5) is 0 Å². The molecular formula is C14H18N2O2S. The molecule has 0 spiro atoms. The summed E-state index contributed by atoms with van der Waals surface area (Å²) >= 11 is 1.70. The summed E-state index contributed by atoms with van der Waals surface area (Å²) in [5.74, 6) is -0.210. The van der Waals surface area contributed by atoms with Crippen molar-refractivity contribution in [2.45, 2.75) is 26.8 Å². The third-order valence-electron chi connectivity index (χ3n) is 3.65. The molecule has 0 saturated carbocycles. The highest BCUT2D eigenvalue weighted by atomic mass is 32.1. The van der Waals surface area contributed by atoms with Gasteiger partial charge in [0.25, 0.3) is 0 Å². The Morgan fingerprint density at radius 2 is 2.32 bits per heavy atom. The second kappa shape index (κ2) is 4.65. The minimum Gasteiger partial charge on any atom is -0.462 e. The molecule has 102 valence electrons. The van der Waals surface area contributed by atoms with Crippen molar-refractivity contribution in [2.75, 3.05) is 20.2 Å². The molecule has 2 aromatic rings. The van der Waals surface area contributed by atoms with Crippen molar-refractivity contribution in [3.63, 3.8) is 0 Å². The van der Waals surface area contributed by atoms with Crippen LogP contribution in [-0.2, 0) is 17.7 Å². The van der Waals surface area contributed by atoms with Crippen LogP contribution in [0, 0.1) is 6.92 Å². The standard InChI is InChI=1S/C14H18N2O2S/c1-4-18-14(17)11-8(2)19-13-9-7-16(3)6-5-10(9)15-12(11)13/h15H,4-7H2,1-3H3. The highest BCUT2D eigenvalue weighted by Crippen LogP contribution is 2.37. The SMILES string of the molecule is CCOC(=O)c1c(C)sc2c3c([nH]c12)CCN(C)C3. The van der Waals surface area contributed by atoms with Crippen LogP contribution in [-0.4, -0.2) is 36.1 Å². The Hall–Kier alpha value is -1.33. The number of hydrogen-bond acceptors (Lipinski definition) is 4. The average Bonchev–Trinajstić information content (AvgIpc) is 2.84. The predicted octanol–water partition coefficient (Wildman–Crippen LogP) is 2.70. The normalized spacial score (nSPS) is 15.7. The molecule has 0 amide bonds. The lowest BCUT2D eigenvalue weighted by Gasteiger charge is -2.22. The minimum absolute atomic E-state index is 0.210. The Bertz CT molecular complexity index is 641. The van der Waals surface area contributed by atoms with E-state index >= 15 is 0 Å². The number of esters is 1. The van der Waals surface area contributed by atoms with E-state index < -0.39 is 0 Å². The molecule has 1 N–H and O–H groups in total. The number of rotatable bonds is 2. The number of thiophene rings is 1. The number of nitrogens with zero attached hydrogens (tertiary/aromatic N) is 1. The lowest BCUT2D eigenvalue weighted by atomic mass is 10.1. The Morgan fingerprint density at radius 1 is 1.53 bits per heavy atom. The largest absolute Gasteiger partial charge is 0.462 e. The number of H-pyrrole nitrogens is 1. The van der Waals surface area contributed by atoms with Crippen molar-refractivity contribution < 1.29 is 9.53 Å². The molecule has 1 aliphatic rings. The van der Waals surface area contributed by atoms with Crippen LogP contribution in [0.25, 0.3) is 10.2 Å². The van der Waals surface area contributed by atoms with E-state index in [9.17, 15) is 4.79 Å². The Balaban J connectivity index is 2.14. The monoisotopic (exact) mass is 278 g/mol. The molecule has 19 heavy (non-hydrogen) atoms. The highest BCUT2D eigenvalue weighted by Gasteiger charge is 2.25. The molecule has 0 saturated heterocycles. The van der Waals surface area contributed by atoms with E-state index in [4.69, 9.17) is 4.74 Å². The Morgan fingerprint density at radius 3 is 3.05 bits per heavy atom. The molecule has 0 aliphatic carbocycles. The number of aromatic nitrogens is 1. The average molecular weight is 278 g/mol. The summed E-state index contributed by atoms with van der Waals surface area (Å²) in [6.07, 6.45) is 1.02. The van der Waals surface area contributed by atoms with Gasteiger partial charge in [0.05, 0.1) is 22.4 Å². The number of fused-ring (bicyclic) bond motifs is 3. The van der Waals surface area contributed by atoms with Gasteiger partial charge in [0, 0.05) is 35.6 Å². The highest BCUT2D eigenvalue weighted by molar-refractivity contribution is 7.19. The fourth-order valence-corrected chi connectivity index (χ4v) is 3.88. The second-order valence-corrected chi connectivity index (χ2v) is 6.25. The molecule has 0 bridgehead atoms. The van der Waals surface area contributed by atoms with Crippen molar-refractivity contribution in [1.29, 1.82) is 0 Å². The number of nitrogens with one attached hydrogen (secondary N) is 1. The predicted molar refractivity (Wildman–Crippen MR) is 76.9 cm³/mol. The van der Waals surface area contributed by atoms with Crippen molar-refractivity contribution >= 4 is 27.5 Å². The first-order chi connectivity index (χ1) is 9.11. The molecule has 4 nitrogen and oxygen atoms in total. The molecular weight excluding hydrogens is 260 g/mol. The fraction of sp³-hybridized carbons (Fsp3) is 0.500. The van der Waals surface area contributed by atoms with E-state index in [2.05, 4.69) is 16.9 Å². The lowest BCUT2D eigenvalue weighted by Crippen LogP contribution is -2.25. The Kier molecular flexibility index (Phi) is 3.11. The molecule has 0 fully saturated rings. The zero-order valence-electron chi connectivity index (χ0n) is 11.5. The molecule has 2 aromatic heterocycles. The Labute approximate surface area is 116 Å².